The highest BCUT2D eigenvalue weighted by molar-refractivity contribution is 5.88. The molecule has 0 heterocycles. The molecule has 2 aromatic carbocycles. The fourth-order valence-electron chi connectivity index (χ4n) is 3.00. The van der Waals surface area contributed by atoms with Crippen LogP contribution < -0.4 is 9.64 Å². The molecular weight excluding hydrogens is 326 g/mol. The zero-order chi connectivity index (χ0) is 19.5. The second-order valence-electron chi connectivity index (χ2n) is 7.42. The van der Waals surface area contributed by atoms with E-state index in [1.807, 2.05) is 19.1 Å². The Balaban J connectivity index is 2.60. The maximum atomic E-state index is 11.1. The summed E-state index contributed by atoms with van der Waals surface area (Å²) in [5.74, 6) is -0.0372. The molecule has 0 aliphatic carbocycles. The molecule has 1 N–H and O–H groups in total. The Morgan fingerprint density at radius 2 is 1.73 bits per heavy atom. The molecule has 140 valence electrons. The highest BCUT2D eigenvalue weighted by atomic mass is 16.5. The summed E-state index contributed by atoms with van der Waals surface area (Å²) in [6, 6.07) is 11.4. The lowest BCUT2D eigenvalue weighted by atomic mass is 9.85. The van der Waals surface area contributed by atoms with Crippen LogP contribution in [0.3, 0.4) is 0 Å². The number of carboxylic acid groups (broad SMARTS) is 1. The first-order valence-corrected chi connectivity index (χ1v) is 9.07. The van der Waals surface area contributed by atoms with E-state index in [1.54, 1.807) is 12.1 Å². The lowest BCUT2D eigenvalue weighted by Crippen LogP contribution is -2.20. The minimum Gasteiger partial charge on any atom is -0.491 e. The van der Waals surface area contributed by atoms with E-state index in [1.165, 1.54) is 5.56 Å². The summed E-state index contributed by atoms with van der Waals surface area (Å²) in [6.45, 7) is 14.1. The Bertz CT molecular complexity index is 773. The van der Waals surface area contributed by atoms with Crippen molar-refractivity contribution in [2.24, 2.45) is 0 Å². The van der Waals surface area contributed by atoms with Crippen LogP contribution in [0.25, 0.3) is 0 Å². The minimum absolute atomic E-state index is 0.0246. The molecule has 26 heavy (non-hydrogen) atoms. The van der Waals surface area contributed by atoms with Gasteiger partial charge in [-0.1, -0.05) is 26.8 Å². The minimum atomic E-state index is -0.917. The van der Waals surface area contributed by atoms with Gasteiger partial charge in [0.1, 0.15) is 5.75 Å². The van der Waals surface area contributed by atoms with Crippen LogP contribution in [-0.2, 0) is 5.41 Å². The Hall–Kier alpha value is -2.49. The second kappa shape index (κ2) is 7.81. The van der Waals surface area contributed by atoms with Gasteiger partial charge >= 0.3 is 5.97 Å². The maximum Gasteiger partial charge on any atom is 0.335 e. The number of aromatic carboxylic acids is 1. The predicted molar refractivity (Wildman–Crippen MR) is 107 cm³/mol. The Kier molecular flexibility index (Phi) is 5.96. The maximum absolute atomic E-state index is 11.1. The summed E-state index contributed by atoms with van der Waals surface area (Å²) < 4.78 is 5.97. The Morgan fingerprint density at radius 3 is 2.19 bits per heavy atom. The van der Waals surface area contributed by atoms with E-state index in [-0.39, 0.29) is 11.0 Å². The van der Waals surface area contributed by atoms with E-state index in [0.717, 1.165) is 29.2 Å². The van der Waals surface area contributed by atoms with Gasteiger partial charge in [0.05, 0.1) is 17.9 Å². The fraction of sp³-hybridized carbons (Fsp3) is 0.409. The smallest absolute Gasteiger partial charge is 0.335 e. The van der Waals surface area contributed by atoms with E-state index in [2.05, 4.69) is 51.7 Å². The average molecular weight is 355 g/mol. The molecule has 0 fully saturated rings. The first-order chi connectivity index (χ1) is 12.2. The van der Waals surface area contributed by atoms with Crippen molar-refractivity contribution in [1.29, 1.82) is 0 Å². The molecule has 0 aromatic heterocycles. The largest absolute Gasteiger partial charge is 0.491 e. The van der Waals surface area contributed by atoms with Gasteiger partial charge in [0, 0.05) is 12.2 Å². The van der Waals surface area contributed by atoms with Gasteiger partial charge in [-0.25, -0.2) is 4.79 Å². The number of anilines is 2. The van der Waals surface area contributed by atoms with E-state index in [9.17, 15) is 4.79 Å². The molecule has 0 unspecified atom stereocenters. The number of nitrogens with zero attached hydrogens (tertiary/aromatic N) is 1. The number of rotatable bonds is 6. The monoisotopic (exact) mass is 355 g/mol. The third kappa shape index (κ3) is 4.18. The molecule has 0 atom stereocenters. The standard InChI is InChI=1S/C22H29NO3/c1-7-23(18-11-9-16(10-12-18)21(24)25)19-14-17(22(4,5)6)13-15(3)20(19)26-8-2/h9-14H,7-8H2,1-6H3,(H,24,25). The summed E-state index contributed by atoms with van der Waals surface area (Å²) in [5, 5.41) is 9.13. The predicted octanol–water partition coefficient (Wildman–Crippen LogP) is 5.55. The van der Waals surface area contributed by atoms with Crippen molar-refractivity contribution < 1.29 is 14.6 Å². The quantitative estimate of drug-likeness (QED) is 0.738. The zero-order valence-corrected chi connectivity index (χ0v) is 16.6. The van der Waals surface area contributed by atoms with Crippen LogP contribution in [0.15, 0.2) is 36.4 Å². The molecule has 2 rings (SSSR count). The topological polar surface area (TPSA) is 49.8 Å². The Morgan fingerprint density at radius 1 is 1.12 bits per heavy atom. The lowest BCUT2D eigenvalue weighted by molar-refractivity contribution is 0.0697. The summed E-state index contributed by atoms with van der Waals surface area (Å²) in [5.41, 5.74) is 4.63. The summed E-state index contributed by atoms with van der Waals surface area (Å²) in [4.78, 5) is 13.3. The van der Waals surface area contributed by atoms with Crippen molar-refractivity contribution in [3.8, 4) is 5.75 Å². The molecule has 0 spiro atoms. The van der Waals surface area contributed by atoms with Crippen LogP contribution in [-0.4, -0.2) is 24.2 Å². The summed E-state index contributed by atoms with van der Waals surface area (Å²) in [7, 11) is 0. The van der Waals surface area contributed by atoms with E-state index in [0.29, 0.717) is 6.61 Å². The average Bonchev–Trinajstić information content (AvgIpc) is 2.57. The van der Waals surface area contributed by atoms with Crippen molar-refractivity contribution in [1.82, 2.24) is 0 Å². The van der Waals surface area contributed by atoms with Crippen molar-refractivity contribution >= 4 is 17.3 Å². The molecule has 0 aliphatic heterocycles. The Labute approximate surface area is 156 Å². The third-order valence-electron chi connectivity index (χ3n) is 4.44. The van der Waals surface area contributed by atoms with Gasteiger partial charge in [-0.3, -0.25) is 0 Å². The van der Waals surface area contributed by atoms with Crippen LogP contribution in [0.2, 0.25) is 0 Å². The zero-order valence-electron chi connectivity index (χ0n) is 16.6. The molecule has 0 saturated heterocycles. The highest BCUT2D eigenvalue weighted by Crippen LogP contribution is 2.40. The molecule has 4 heteroatoms. The number of carbonyl (C=O) groups is 1. The van der Waals surface area contributed by atoms with Crippen LogP contribution in [0.1, 0.15) is 56.1 Å². The highest BCUT2D eigenvalue weighted by Gasteiger charge is 2.21. The van der Waals surface area contributed by atoms with E-state index >= 15 is 0 Å². The molecule has 2 aromatic rings. The normalized spacial score (nSPS) is 11.3. The fourth-order valence-corrected chi connectivity index (χ4v) is 3.00. The molecule has 0 aliphatic rings. The summed E-state index contributed by atoms with van der Waals surface area (Å²) in [6.07, 6.45) is 0. The number of hydrogen-bond donors (Lipinski definition) is 1. The van der Waals surface area contributed by atoms with Crippen LogP contribution in [0.4, 0.5) is 11.4 Å². The lowest BCUT2D eigenvalue weighted by Gasteiger charge is -2.30. The van der Waals surface area contributed by atoms with Gasteiger partial charge in [0.15, 0.2) is 0 Å². The molecular formula is C22H29NO3. The third-order valence-corrected chi connectivity index (χ3v) is 4.44. The van der Waals surface area contributed by atoms with E-state index in [4.69, 9.17) is 9.84 Å². The SMILES string of the molecule is CCOc1c(C)cc(C(C)(C)C)cc1N(CC)c1ccc(C(=O)O)cc1. The number of hydrogen-bond acceptors (Lipinski definition) is 3. The van der Waals surface area contributed by atoms with Crippen molar-refractivity contribution in [2.45, 2.75) is 47.0 Å². The molecule has 0 amide bonds. The second-order valence-corrected chi connectivity index (χ2v) is 7.42. The van der Waals surface area contributed by atoms with Gasteiger partial charge in [0.2, 0.25) is 0 Å². The van der Waals surface area contributed by atoms with Crippen LogP contribution in [0, 0.1) is 6.92 Å². The number of benzene rings is 2. The van der Waals surface area contributed by atoms with Gasteiger partial charge < -0.3 is 14.7 Å². The van der Waals surface area contributed by atoms with E-state index < -0.39 is 5.97 Å². The van der Waals surface area contributed by atoms with Crippen molar-refractivity contribution in [2.75, 3.05) is 18.1 Å². The van der Waals surface area contributed by atoms with Crippen molar-refractivity contribution in [3.63, 3.8) is 0 Å². The molecule has 0 radical (unpaired) electrons. The molecule has 0 bridgehead atoms. The number of ether oxygens (including phenoxy) is 1. The van der Waals surface area contributed by atoms with Gasteiger partial charge in [-0.05, 0) is 67.6 Å². The first kappa shape index (κ1) is 19.8. The van der Waals surface area contributed by atoms with Crippen LogP contribution >= 0.6 is 0 Å². The van der Waals surface area contributed by atoms with Crippen LogP contribution in [0.5, 0.6) is 5.75 Å². The number of carboxylic acids is 1. The van der Waals surface area contributed by atoms with Gasteiger partial charge in [0.25, 0.3) is 0 Å². The number of aryl methyl sites for hydroxylation is 1. The summed E-state index contributed by atoms with van der Waals surface area (Å²) >= 11 is 0. The van der Waals surface area contributed by atoms with Gasteiger partial charge in [-0.15, -0.1) is 0 Å². The van der Waals surface area contributed by atoms with Gasteiger partial charge in [-0.2, -0.15) is 0 Å². The molecule has 0 saturated carbocycles. The first-order valence-electron chi connectivity index (χ1n) is 9.07. The molecule has 4 nitrogen and oxygen atoms in total. The van der Waals surface area contributed by atoms with Crippen molar-refractivity contribution in [3.05, 3.63) is 53.1 Å².